The minimum absolute atomic E-state index is 0.697. The van der Waals surface area contributed by atoms with Gasteiger partial charge in [-0.15, -0.1) is 0 Å². The summed E-state index contributed by atoms with van der Waals surface area (Å²) in [7, 11) is 0. The van der Waals surface area contributed by atoms with Crippen LogP contribution in [-0.2, 0) is 4.79 Å². The molecule has 0 saturated heterocycles. The van der Waals surface area contributed by atoms with E-state index in [1.165, 1.54) is 0 Å². The largest absolute Gasteiger partial charge is 0.361 e. The third kappa shape index (κ3) is 1.58. The number of carbonyl (C=O) groups is 1. The summed E-state index contributed by atoms with van der Waals surface area (Å²) in [6, 6.07) is -1.86. The first-order chi connectivity index (χ1) is 6.04. The molecule has 0 bridgehead atoms. The van der Waals surface area contributed by atoms with Gasteiger partial charge in [0.1, 0.15) is 0 Å². The van der Waals surface area contributed by atoms with Crippen molar-refractivity contribution in [2.45, 2.75) is 6.04 Å². The normalized spacial score (nSPS) is 21.1. The SMILES string of the molecule is O=C1C=CC=C([N+](=O)[O-])C1[N+](=O)[O-]. The van der Waals surface area contributed by atoms with Gasteiger partial charge in [-0.05, 0) is 6.08 Å². The lowest BCUT2D eigenvalue weighted by Crippen LogP contribution is -2.34. The van der Waals surface area contributed by atoms with Gasteiger partial charge >= 0.3 is 11.7 Å². The summed E-state index contributed by atoms with van der Waals surface area (Å²) in [6.07, 6.45) is 3.02. The summed E-state index contributed by atoms with van der Waals surface area (Å²) in [4.78, 5) is 29.5. The zero-order valence-electron chi connectivity index (χ0n) is 6.25. The highest BCUT2D eigenvalue weighted by Gasteiger charge is 2.42. The standard InChI is InChI=1S/C6H4N2O5/c9-5-3-1-2-4(7(10)11)6(5)8(12)13/h1-3,6H. The lowest BCUT2D eigenvalue weighted by Gasteiger charge is -2.05. The Bertz CT molecular complexity index is 343. The molecule has 0 amide bonds. The van der Waals surface area contributed by atoms with E-state index in [0.29, 0.717) is 0 Å². The van der Waals surface area contributed by atoms with E-state index in [9.17, 15) is 25.0 Å². The first-order valence-electron chi connectivity index (χ1n) is 3.24. The Labute approximate surface area is 71.6 Å². The van der Waals surface area contributed by atoms with Gasteiger partial charge in [-0.2, -0.15) is 0 Å². The smallest absolute Gasteiger partial charge is 0.286 e. The highest BCUT2D eigenvalue weighted by atomic mass is 16.6. The number of nitrogens with zero attached hydrogens (tertiary/aromatic N) is 2. The molecule has 13 heavy (non-hydrogen) atoms. The van der Waals surface area contributed by atoms with Crippen molar-refractivity contribution in [3.05, 3.63) is 44.2 Å². The van der Waals surface area contributed by atoms with E-state index < -0.39 is 27.4 Å². The molecule has 0 heterocycles. The number of allylic oxidation sites excluding steroid dienone is 2. The Hall–Kier alpha value is -2.05. The predicted molar refractivity (Wildman–Crippen MR) is 40.0 cm³/mol. The monoisotopic (exact) mass is 184 g/mol. The molecule has 0 aromatic heterocycles. The fraction of sp³-hybridized carbons (Fsp3) is 0.167. The third-order valence-corrected chi connectivity index (χ3v) is 1.50. The van der Waals surface area contributed by atoms with E-state index in [1.807, 2.05) is 0 Å². The summed E-state index contributed by atoms with van der Waals surface area (Å²) >= 11 is 0. The van der Waals surface area contributed by atoms with E-state index in [-0.39, 0.29) is 0 Å². The van der Waals surface area contributed by atoms with Gasteiger partial charge in [0.2, 0.25) is 5.78 Å². The van der Waals surface area contributed by atoms with Gasteiger partial charge in [0.05, 0.1) is 4.92 Å². The average molecular weight is 184 g/mol. The minimum atomic E-state index is -1.86. The molecule has 0 aromatic carbocycles. The van der Waals surface area contributed by atoms with Gasteiger partial charge in [0.15, 0.2) is 0 Å². The van der Waals surface area contributed by atoms with Crippen LogP contribution in [0.1, 0.15) is 0 Å². The molecule has 0 spiro atoms. The Morgan fingerprint density at radius 2 is 1.92 bits per heavy atom. The zero-order valence-corrected chi connectivity index (χ0v) is 6.25. The zero-order chi connectivity index (χ0) is 10.0. The van der Waals surface area contributed by atoms with E-state index in [0.717, 1.165) is 18.2 Å². The Kier molecular flexibility index (Phi) is 2.18. The van der Waals surface area contributed by atoms with E-state index in [2.05, 4.69) is 0 Å². The van der Waals surface area contributed by atoms with Crippen LogP contribution in [0.5, 0.6) is 0 Å². The number of carbonyl (C=O) groups excluding carboxylic acids is 1. The summed E-state index contributed by atoms with van der Waals surface area (Å²) in [5.74, 6) is -0.876. The maximum absolute atomic E-state index is 10.9. The van der Waals surface area contributed by atoms with Gasteiger partial charge in [0.25, 0.3) is 0 Å². The van der Waals surface area contributed by atoms with Crippen molar-refractivity contribution in [2.75, 3.05) is 0 Å². The van der Waals surface area contributed by atoms with Crippen LogP contribution < -0.4 is 0 Å². The molecule has 1 aliphatic rings. The molecule has 0 aliphatic heterocycles. The van der Waals surface area contributed by atoms with Crippen molar-refractivity contribution < 1.29 is 14.6 Å². The topological polar surface area (TPSA) is 103 Å². The Morgan fingerprint density at radius 1 is 1.31 bits per heavy atom. The lowest BCUT2D eigenvalue weighted by molar-refractivity contribution is -0.541. The lowest BCUT2D eigenvalue weighted by atomic mass is 10.1. The Morgan fingerprint density at radius 3 is 2.31 bits per heavy atom. The summed E-state index contributed by atoms with van der Waals surface area (Å²) in [5.41, 5.74) is -0.697. The van der Waals surface area contributed by atoms with Gasteiger partial charge in [-0.25, -0.2) is 0 Å². The molecule has 0 fully saturated rings. The number of ketones is 1. The first-order valence-corrected chi connectivity index (χ1v) is 3.24. The van der Waals surface area contributed by atoms with E-state index >= 15 is 0 Å². The quantitative estimate of drug-likeness (QED) is 0.441. The van der Waals surface area contributed by atoms with Crippen molar-refractivity contribution >= 4 is 5.78 Å². The van der Waals surface area contributed by atoms with Gasteiger partial charge in [0, 0.05) is 11.0 Å². The number of nitro groups is 2. The molecular formula is C6H4N2O5. The fourth-order valence-corrected chi connectivity index (χ4v) is 0.942. The van der Waals surface area contributed by atoms with Crippen LogP contribution in [0, 0.1) is 20.2 Å². The Balaban J connectivity index is 3.10. The van der Waals surface area contributed by atoms with Crippen LogP contribution in [0.3, 0.4) is 0 Å². The summed E-state index contributed by atoms with van der Waals surface area (Å²) in [6.45, 7) is 0. The van der Waals surface area contributed by atoms with Crippen LogP contribution >= 0.6 is 0 Å². The molecule has 7 heteroatoms. The molecule has 0 N–H and O–H groups in total. The molecule has 1 rings (SSSR count). The van der Waals surface area contributed by atoms with Crippen LogP contribution in [0.25, 0.3) is 0 Å². The second-order valence-electron chi connectivity index (χ2n) is 2.30. The molecule has 7 nitrogen and oxygen atoms in total. The highest BCUT2D eigenvalue weighted by molar-refractivity contribution is 5.96. The molecule has 68 valence electrons. The average Bonchev–Trinajstić information content (AvgIpc) is 2.02. The number of rotatable bonds is 2. The van der Waals surface area contributed by atoms with E-state index in [4.69, 9.17) is 0 Å². The van der Waals surface area contributed by atoms with Crippen molar-refractivity contribution in [3.8, 4) is 0 Å². The van der Waals surface area contributed by atoms with Crippen LogP contribution in [0.4, 0.5) is 0 Å². The van der Waals surface area contributed by atoms with Crippen molar-refractivity contribution in [3.63, 3.8) is 0 Å². The maximum Gasteiger partial charge on any atom is 0.361 e. The summed E-state index contributed by atoms with van der Waals surface area (Å²) < 4.78 is 0. The molecule has 1 aliphatic carbocycles. The molecule has 1 atom stereocenters. The van der Waals surface area contributed by atoms with Crippen LogP contribution in [0.2, 0.25) is 0 Å². The van der Waals surface area contributed by atoms with Crippen molar-refractivity contribution in [2.24, 2.45) is 0 Å². The van der Waals surface area contributed by atoms with Gasteiger partial charge < -0.3 is 0 Å². The van der Waals surface area contributed by atoms with Crippen LogP contribution in [-0.4, -0.2) is 21.7 Å². The first kappa shape index (κ1) is 9.04. The van der Waals surface area contributed by atoms with Crippen molar-refractivity contribution in [1.29, 1.82) is 0 Å². The van der Waals surface area contributed by atoms with Crippen LogP contribution in [0.15, 0.2) is 23.9 Å². The second-order valence-corrected chi connectivity index (χ2v) is 2.30. The fourth-order valence-electron chi connectivity index (χ4n) is 0.942. The second kappa shape index (κ2) is 3.13. The van der Waals surface area contributed by atoms with E-state index in [1.54, 1.807) is 0 Å². The minimum Gasteiger partial charge on any atom is -0.286 e. The number of hydrogen-bond donors (Lipinski definition) is 0. The summed E-state index contributed by atoms with van der Waals surface area (Å²) in [5, 5.41) is 20.5. The highest BCUT2D eigenvalue weighted by Crippen LogP contribution is 2.13. The molecule has 0 saturated carbocycles. The predicted octanol–water partition coefficient (Wildman–Crippen LogP) is -0.0688. The van der Waals surface area contributed by atoms with Gasteiger partial charge in [-0.1, -0.05) is 6.08 Å². The maximum atomic E-state index is 10.9. The molecule has 0 radical (unpaired) electrons. The van der Waals surface area contributed by atoms with Crippen molar-refractivity contribution in [1.82, 2.24) is 0 Å². The number of hydrogen-bond acceptors (Lipinski definition) is 5. The molecule has 1 unspecified atom stereocenters. The molecule has 0 aromatic rings. The molecular weight excluding hydrogens is 180 g/mol. The third-order valence-electron chi connectivity index (χ3n) is 1.50. The van der Waals surface area contributed by atoms with Gasteiger partial charge in [-0.3, -0.25) is 25.0 Å².